The molecule has 7 atom stereocenters. The third kappa shape index (κ3) is 30.2. The first kappa shape index (κ1) is 62.3. The largest absolute Gasteiger partial charge is 0.481 e. The lowest BCUT2D eigenvalue weighted by Gasteiger charge is -2.21. The summed E-state index contributed by atoms with van der Waals surface area (Å²) < 4.78 is 56.6. The fourth-order valence-electron chi connectivity index (χ4n) is 6.99. The summed E-state index contributed by atoms with van der Waals surface area (Å²) in [6.07, 6.45) is 38.6. The highest BCUT2D eigenvalue weighted by Gasteiger charge is 2.46. The normalized spacial score (nSPS) is 19.9. The van der Waals surface area contributed by atoms with Crippen LogP contribution in [0.1, 0.15) is 161 Å². The molecule has 396 valence electrons. The number of ether oxygens (including phenoxy) is 3. The Morgan fingerprint density at radius 3 is 1.73 bits per heavy atom. The maximum absolute atomic E-state index is 12.8. The molecule has 0 aliphatic carbocycles. The van der Waals surface area contributed by atoms with Gasteiger partial charge in [-0.1, -0.05) is 164 Å². The van der Waals surface area contributed by atoms with Gasteiger partial charge in [-0.15, -0.1) is 0 Å². The summed E-state index contributed by atoms with van der Waals surface area (Å²) >= 11 is 0. The van der Waals surface area contributed by atoms with Crippen LogP contribution in [0.4, 0.5) is 5.82 Å². The van der Waals surface area contributed by atoms with E-state index < -0.39 is 83.7 Å². The Kier molecular flexibility index (Phi) is 33.7. The lowest BCUT2D eigenvalue weighted by Crippen LogP contribution is -2.36. The number of carbonyl (C=O) groups is 2. The summed E-state index contributed by atoms with van der Waals surface area (Å²) in [5.74, 6) is -1.40. The average Bonchev–Trinajstić information content (AvgIpc) is 3.59. The molecule has 20 heteroatoms. The highest BCUT2D eigenvalue weighted by Crippen LogP contribution is 2.60. The first-order chi connectivity index (χ1) is 33.7. The quantitative estimate of drug-likeness (QED) is 0.0177. The van der Waals surface area contributed by atoms with Crippen LogP contribution in [0.5, 0.6) is 0 Å². The van der Waals surface area contributed by atoms with E-state index >= 15 is 0 Å². The number of allylic oxidation sites excluding steroid dienone is 12. The van der Waals surface area contributed by atoms with E-state index in [9.17, 15) is 43.5 Å². The predicted molar refractivity (Wildman–Crippen MR) is 270 cm³/mol. The minimum absolute atomic E-state index is 0.0000728. The van der Waals surface area contributed by atoms with Crippen molar-refractivity contribution in [2.45, 2.75) is 186 Å². The van der Waals surface area contributed by atoms with Crippen LogP contribution < -0.4 is 11.4 Å². The topological polar surface area (TPSA) is 265 Å². The Labute approximate surface area is 415 Å². The Morgan fingerprint density at radius 1 is 0.700 bits per heavy atom. The van der Waals surface area contributed by atoms with E-state index in [0.29, 0.717) is 19.3 Å². The van der Waals surface area contributed by atoms with Gasteiger partial charge in [0.2, 0.25) is 0 Å². The molecule has 0 aromatic carbocycles. The number of rotatable bonds is 40. The SMILES string of the molecule is CC/C=C\C/C=C\C/C=C\C/C=C\C/C=C\C/C=C\CCC(=O)OC[C@H](COP(=O)(O)OP(=O)(O)OC[C@H]1O[C@@H](n2ccc(N)nc2=O)C(O)[C@H]1O)OC(=O)CCCCCCCCCCCCCCC. The van der Waals surface area contributed by atoms with Crippen molar-refractivity contribution in [3.8, 4) is 0 Å². The van der Waals surface area contributed by atoms with Gasteiger partial charge in [-0.3, -0.25) is 23.2 Å². The van der Waals surface area contributed by atoms with Crippen molar-refractivity contribution < 1.29 is 66.3 Å². The number of nitrogens with zero attached hydrogens (tertiary/aromatic N) is 2. The molecule has 70 heavy (non-hydrogen) atoms. The standard InChI is InChI=1S/C50H81N3O15P2/c1-3-5-7-9-11-13-15-17-18-19-20-21-22-24-25-27-29-31-33-35-45(54)63-39-42(66-46(55)36-34-32-30-28-26-23-16-14-12-10-8-6-4-2)40-64-69(59,60)68-70(61,62)65-41-43-47(56)48(57)49(67-43)53-38-37-44(51)52-50(53)58/h5,7,11,13,17-18,20-21,24-25,29,31,37-38,42-43,47-49,56-57H,3-4,6,8-10,12,14-16,19,22-23,26-28,30,32-36,39-41H2,1-2H3,(H,59,60)(H,61,62)(H2,51,52,58)/b7-5-,13-11-,18-17-,21-20-,25-24-,31-29-/t42-,43-,47+,48?,49-/m1/s1. The molecule has 0 saturated carbocycles. The lowest BCUT2D eigenvalue weighted by molar-refractivity contribution is -0.161. The molecule has 18 nitrogen and oxygen atoms in total. The molecule has 3 unspecified atom stereocenters. The van der Waals surface area contributed by atoms with Crippen LogP contribution in [0.2, 0.25) is 0 Å². The van der Waals surface area contributed by atoms with Gasteiger partial charge in [0.05, 0.1) is 13.2 Å². The van der Waals surface area contributed by atoms with Crippen LogP contribution in [0, 0.1) is 0 Å². The number of nitrogen functional groups attached to an aromatic ring is 1. The number of aliphatic hydroxyl groups excluding tert-OH is 2. The summed E-state index contributed by atoms with van der Waals surface area (Å²) in [5.41, 5.74) is 4.58. The van der Waals surface area contributed by atoms with Crippen LogP contribution >= 0.6 is 15.6 Å². The predicted octanol–water partition coefficient (Wildman–Crippen LogP) is 10.1. The zero-order valence-corrected chi connectivity index (χ0v) is 43.1. The third-order valence-electron chi connectivity index (χ3n) is 10.8. The number of unbranched alkanes of at least 4 members (excludes halogenated alkanes) is 12. The van der Waals surface area contributed by atoms with Crippen molar-refractivity contribution in [2.24, 2.45) is 0 Å². The zero-order valence-electron chi connectivity index (χ0n) is 41.3. The van der Waals surface area contributed by atoms with Gasteiger partial charge in [-0.2, -0.15) is 9.29 Å². The fraction of sp³-hybridized carbons (Fsp3) is 0.640. The molecule has 2 rings (SSSR count). The van der Waals surface area contributed by atoms with E-state index in [0.717, 1.165) is 68.6 Å². The number of carbonyl (C=O) groups excluding carboxylic acids is 2. The first-order valence-electron chi connectivity index (χ1n) is 24.9. The van der Waals surface area contributed by atoms with Crippen LogP contribution in [0.25, 0.3) is 0 Å². The molecular formula is C50H81N3O15P2. The number of phosphoric ester groups is 2. The Morgan fingerprint density at radius 2 is 1.20 bits per heavy atom. The fourth-order valence-corrected chi connectivity index (χ4v) is 9.10. The molecule has 1 aromatic heterocycles. The first-order valence-corrected chi connectivity index (χ1v) is 27.9. The maximum Gasteiger partial charge on any atom is 0.481 e. The number of esters is 2. The Balaban J connectivity index is 1.83. The summed E-state index contributed by atoms with van der Waals surface area (Å²) in [7, 11) is -10.9. The molecule has 0 radical (unpaired) electrons. The highest BCUT2D eigenvalue weighted by atomic mass is 31.3. The maximum atomic E-state index is 12.8. The molecule has 1 aromatic rings. The summed E-state index contributed by atoms with van der Waals surface area (Å²) in [5, 5.41) is 20.9. The van der Waals surface area contributed by atoms with Crippen molar-refractivity contribution in [3.05, 3.63) is 95.7 Å². The number of hydrogen-bond donors (Lipinski definition) is 5. The van der Waals surface area contributed by atoms with Gasteiger partial charge in [0.25, 0.3) is 0 Å². The summed E-state index contributed by atoms with van der Waals surface area (Å²) in [4.78, 5) is 61.8. The molecule has 1 fully saturated rings. The van der Waals surface area contributed by atoms with Crippen molar-refractivity contribution >= 4 is 33.4 Å². The molecule has 1 aliphatic heterocycles. The molecule has 0 spiro atoms. The highest BCUT2D eigenvalue weighted by molar-refractivity contribution is 7.61. The second-order valence-electron chi connectivity index (χ2n) is 16.9. The van der Waals surface area contributed by atoms with Crippen molar-refractivity contribution in [2.75, 3.05) is 25.6 Å². The molecule has 1 aliphatic rings. The number of anilines is 1. The van der Waals surface area contributed by atoms with Crippen molar-refractivity contribution in [1.29, 1.82) is 0 Å². The molecular weight excluding hydrogens is 945 g/mol. The lowest BCUT2D eigenvalue weighted by atomic mass is 10.0. The second-order valence-corrected chi connectivity index (χ2v) is 20.0. The van der Waals surface area contributed by atoms with Gasteiger partial charge < -0.3 is 39.9 Å². The van der Waals surface area contributed by atoms with E-state index in [1.165, 1.54) is 57.4 Å². The molecule has 0 bridgehead atoms. The van der Waals surface area contributed by atoms with E-state index in [2.05, 4.69) is 77.8 Å². The number of nitrogens with two attached hydrogens (primary N) is 1. The third-order valence-corrected chi connectivity index (χ3v) is 13.4. The van der Waals surface area contributed by atoms with Gasteiger partial charge in [0.1, 0.15) is 30.7 Å². The Bertz CT molecular complexity index is 1950. The number of phosphoric acid groups is 2. The molecule has 6 N–H and O–H groups in total. The monoisotopic (exact) mass is 1030 g/mol. The van der Waals surface area contributed by atoms with Crippen LogP contribution in [0.3, 0.4) is 0 Å². The molecule has 0 amide bonds. The summed E-state index contributed by atoms with van der Waals surface area (Å²) in [6.45, 7) is 1.96. The van der Waals surface area contributed by atoms with Gasteiger partial charge >= 0.3 is 33.3 Å². The molecule has 1 saturated heterocycles. The minimum atomic E-state index is -5.44. The smallest absolute Gasteiger partial charge is 0.462 e. The van der Waals surface area contributed by atoms with Crippen molar-refractivity contribution in [1.82, 2.24) is 9.55 Å². The number of aromatic nitrogens is 2. The van der Waals surface area contributed by atoms with Crippen LogP contribution in [-0.4, -0.2) is 85.7 Å². The van der Waals surface area contributed by atoms with Gasteiger partial charge in [-0.25, -0.2) is 13.9 Å². The van der Waals surface area contributed by atoms with E-state index in [1.807, 2.05) is 18.2 Å². The van der Waals surface area contributed by atoms with Crippen LogP contribution in [0.15, 0.2) is 90.0 Å². The van der Waals surface area contributed by atoms with Crippen LogP contribution in [-0.2, 0) is 46.3 Å². The number of hydrogen-bond acceptors (Lipinski definition) is 15. The van der Waals surface area contributed by atoms with E-state index in [4.69, 9.17) is 29.0 Å². The summed E-state index contributed by atoms with van der Waals surface area (Å²) in [6, 6.07) is 1.24. The van der Waals surface area contributed by atoms with E-state index in [-0.39, 0.29) is 18.7 Å². The van der Waals surface area contributed by atoms with E-state index in [1.54, 1.807) is 0 Å². The van der Waals surface area contributed by atoms with Gasteiger partial charge in [-0.05, 0) is 57.4 Å². The molecule has 2 heterocycles. The van der Waals surface area contributed by atoms with Crippen molar-refractivity contribution in [3.63, 3.8) is 0 Å². The Hall–Kier alpha value is -3.80. The van der Waals surface area contributed by atoms with Gasteiger partial charge in [0, 0.05) is 19.0 Å². The average molecular weight is 1030 g/mol. The number of aliphatic hydroxyl groups is 2. The minimum Gasteiger partial charge on any atom is -0.462 e. The van der Waals surface area contributed by atoms with Gasteiger partial charge in [0.15, 0.2) is 12.3 Å². The second kappa shape index (κ2) is 37.9. The zero-order chi connectivity index (χ0) is 51.3.